The van der Waals surface area contributed by atoms with Crippen molar-refractivity contribution in [2.24, 2.45) is 5.41 Å². The summed E-state index contributed by atoms with van der Waals surface area (Å²) in [6.45, 7) is 7.81. The highest BCUT2D eigenvalue weighted by Gasteiger charge is 2.32. The molecule has 0 heterocycles. The fraction of sp³-hybridized carbons (Fsp3) is 1.00. The van der Waals surface area contributed by atoms with E-state index in [4.69, 9.17) is 0 Å². The third-order valence-electron chi connectivity index (χ3n) is 2.68. The highest BCUT2D eigenvalue weighted by atomic mass is 19.4. The molecule has 0 aliphatic rings. The minimum Gasteiger partial charge on any atom is -0.315 e. The molecular weight excluding hydrogens is 217 g/mol. The van der Waals surface area contributed by atoms with Gasteiger partial charge in [-0.05, 0) is 19.0 Å². The second-order valence-electron chi connectivity index (χ2n) is 5.15. The first-order valence-electron chi connectivity index (χ1n) is 5.56. The Morgan fingerprint density at radius 3 is 1.94 bits per heavy atom. The highest BCUT2D eigenvalue weighted by molar-refractivity contribution is 4.82. The number of hydrogen-bond donors (Lipinski definition) is 1. The van der Waals surface area contributed by atoms with E-state index in [2.05, 4.69) is 5.32 Å². The van der Waals surface area contributed by atoms with Crippen molar-refractivity contribution < 1.29 is 13.2 Å². The standard InChI is InChI=1S/C11H23F3N2/c1-6-16(8-11(12,13)14)7-9(15-5)10(2,3)4/h9,15H,6-8H2,1-5H3. The highest BCUT2D eigenvalue weighted by Crippen LogP contribution is 2.22. The molecule has 0 aliphatic heterocycles. The van der Waals surface area contributed by atoms with E-state index in [1.165, 1.54) is 4.90 Å². The lowest BCUT2D eigenvalue weighted by Gasteiger charge is -2.35. The van der Waals surface area contributed by atoms with Crippen LogP contribution in [0.2, 0.25) is 0 Å². The van der Waals surface area contributed by atoms with Gasteiger partial charge in [0.25, 0.3) is 0 Å². The van der Waals surface area contributed by atoms with Crippen LogP contribution in [0.25, 0.3) is 0 Å². The van der Waals surface area contributed by atoms with Gasteiger partial charge in [-0.1, -0.05) is 27.7 Å². The predicted octanol–water partition coefficient (Wildman–Crippen LogP) is 2.50. The summed E-state index contributed by atoms with van der Waals surface area (Å²) in [5.74, 6) is 0. The quantitative estimate of drug-likeness (QED) is 0.794. The lowest BCUT2D eigenvalue weighted by Crippen LogP contribution is -2.49. The van der Waals surface area contributed by atoms with Crippen LogP contribution in [0.3, 0.4) is 0 Å². The lowest BCUT2D eigenvalue weighted by molar-refractivity contribution is -0.146. The molecule has 0 aromatic heterocycles. The minimum atomic E-state index is -4.12. The van der Waals surface area contributed by atoms with E-state index in [1.807, 2.05) is 20.8 Å². The molecule has 0 radical (unpaired) electrons. The molecule has 0 saturated heterocycles. The molecule has 0 saturated carbocycles. The van der Waals surface area contributed by atoms with Gasteiger partial charge in [-0.25, -0.2) is 0 Å². The summed E-state index contributed by atoms with van der Waals surface area (Å²) in [4.78, 5) is 1.42. The van der Waals surface area contributed by atoms with Crippen molar-refractivity contribution in [1.29, 1.82) is 0 Å². The zero-order valence-corrected chi connectivity index (χ0v) is 10.8. The van der Waals surface area contributed by atoms with E-state index >= 15 is 0 Å². The van der Waals surface area contributed by atoms with Crippen molar-refractivity contribution in [2.45, 2.75) is 39.9 Å². The Labute approximate surface area is 96.2 Å². The van der Waals surface area contributed by atoms with Crippen LogP contribution in [0.1, 0.15) is 27.7 Å². The Morgan fingerprint density at radius 2 is 1.69 bits per heavy atom. The minimum absolute atomic E-state index is 0.0478. The molecule has 0 aliphatic carbocycles. The third kappa shape index (κ3) is 6.33. The number of rotatable bonds is 5. The topological polar surface area (TPSA) is 15.3 Å². The van der Waals surface area contributed by atoms with Crippen LogP contribution in [0, 0.1) is 5.41 Å². The maximum atomic E-state index is 12.3. The molecule has 1 N–H and O–H groups in total. The van der Waals surface area contributed by atoms with Gasteiger partial charge in [0.1, 0.15) is 0 Å². The molecule has 98 valence electrons. The molecule has 5 heteroatoms. The lowest BCUT2D eigenvalue weighted by atomic mass is 9.86. The van der Waals surface area contributed by atoms with Crippen LogP contribution in [0.15, 0.2) is 0 Å². The summed E-state index contributed by atoms with van der Waals surface area (Å²) >= 11 is 0. The predicted molar refractivity (Wildman–Crippen MR) is 60.5 cm³/mol. The fourth-order valence-electron chi connectivity index (χ4n) is 1.62. The van der Waals surface area contributed by atoms with Crippen molar-refractivity contribution in [3.63, 3.8) is 0 Å². The van der Waals surface area contributed by atoms with Gasteiger partial charge in [-0.3, -0.25) is 4.90 Å². The third-order valence-corrected chi connectivity index (χ3v) is 2.68. The molecule has 0 amide bonds. The maximum absolute atomic E-state index is 12.3. The number of likely N-dealkylation sites (N-methyl/N-ethyl adjacent to an activating group) is 2. The zero-order valence-electron chi connectivity index (χ0n) is 10.8. The Balaban J connectivity index is 4.40. The number of alkyl halides is 3. The van der Waals surface area contributed by atoms with Crippen molar-refractivity contribution in [3.05, 3.63) is 0 Å². The summed E-state index contributed by atoms with van der Waals surface area (Å²) in [6, 6.07) is 0.0507. The molecule has 1 atom stereocenters. The number of nitrogens with zero attached hydrogens (tertiary/aromatic N) is 1. The molecule has 2 nitrogen and oxygen atoms in total. The van der Waals surface area contributed by atoms with E-state index < -0.39 is 12.7 Å². The monoisotopic (exact) mass is 240 g/mol. The van der Waals surface area contributed by atoms with Crippen molar-refractivity contribution in [1.82, 2.24) is 10.2 Å². The van der Waals surface area contributed by atoms with E-state index in [0.717, 1.165) is 0 Å². The molecule has 16 heavy (non-hydrogen) atoms. The molecule has 0 spiro atoms. The van der Waals surface area contributed by atoms with Crippen LogP contribution >= 0.6 is 0 Å². The van der Waals surface area contributed by atoms with Crippen LogP contribution < -0.4 is 5.32 Å². The summed E-state index contributed by atoms with van der Waals surface area (Å²) in [5.41, 5.74) is -0.0478. The average molecular weight is 240 g/mol. The first-order valence-corrected chi connectivity index (χ1v) is 5.56. The summed E-state index contributed by atoms with van der Waals surface area (Å²) < 4.78 is 36.8. The van der Waals surface area contributed by atoms with E-state index in [9.17, 15) is 13.2 Å². The first-order chi connectivity index (χ1) is 7.10. The number of nitrogens with one attached hydrogen (secondary N) is 1. The Kier molecular flexibility index (Phi) is 5.76. The summed E-state index contributed by atoms with van der Waals surface area (Å²) in [6.07, 6.45) is -4.12. The van der Waals surface area contributed by atoms with Crippen LogP contribution in [-0.2, 0) is 0 Å². The summed E-state index contributed by atoms with van der Waals surface area (Å²) in [5, 5.41) is 3.08. The molecule has 1 unspecified atom stereocenters. The smallest absolute Gasteiger partial charge is 0.315 e. The van der Waals surface area contributed by atoms with Crippen molar-refractivity contribution in [2.75, 3.05) is 26.7 Å². The van der Waals surface area contributed by atoms with E-state index in [0.29, 0.717) is 13.1 Å². The molecular formula is C11H23F3N2. The van der Waals surface area contributed by atoms with Gasteiger partial charge in [0.05, 0.1) is 6.54 Å². The maximum Gasteiger partial charge on any atom is 0.401 e. The Morgan fingerprint density at radius 1 is 1.19 bits per heavy atom. The Hall–Kier alpha value is -0.290. The number of hydrogen-bond acceptors (Lipinski definition) is 2. The zero-order chi connectivity index (χ0) is 13.0. The first kappa shape index (κ1) is 15.7. The largest absolute Gasteiger partial charge is 0.401 e. The Bertz CT molecular complexity index is 196. The molecule has 0 bridgehead atoms. The van der Waals surface area contributed by atoms with Gasteiger partial charge >= 0.3 is 6.18 Å². The molecule has 0 fully saturated rings. The molecule has 0 aromatic carbocycles. The van der Waals surface area contributed by atoms with Crippen molar-refractivity contribution in [3.8, 4) is 0 Å². The van der Waals surface area contributed by atoms with Crippen LogP contribution in [0.4, 0.5) is 13.2 Å². The normalized spacial score (nSPS) is 15.6. The van der Waals surface area contributed by atoms with Gasteiger partial charge in [0.2, 0.25) is 0 Å². The van der Waals surface area contributed by atoms with E-state index in [-0.39, 0.29) is 11.5 Å². The SMILES string of the molecule is CCN(CC(NC)C(C)(C)C)CC(F)(F)F. The van der Waals surface area contributed by atoms with Gasteiger partial charge in [-0.2, -0.15) is 13.2 Å². The second-order valence-corrected chi connectivity index (χ2v) is 5.15. The van der Waals surface area contributed by atoms with Gasteiger partial charge in [0.15, 0.2) is 0 Å². The number of halogens is 3. The van der Waals surface area contributed by atoms with E-state index in [1.54, 1.807) is 14.0 Å². The van der Waals surface area contributed by atoms with Crippen LogP contribution in [-0.4, -0.2) is 43.8 Å². The molecule has 0 rings (SSSR count). The fourth-order valence-corrected chi connectivity index (χ4v) is 1.62. The summed E-state index contributed by atoms with van der Waals surface area (Å²) in [7, 11) is 1.79. The van der Waals surface area contributed by atoms with Gasteiger partial charge in [0, 0.05) is 12.6 Å². The molecule has 0 aromatic rings. The van der Waals surface area contributed by atoms with Crippen LogP contribution in [0.5, 0.6) is 0 Å². The van der Waals surface area contributed by atoms with Gasteiger partial charge in [-0.15, -0.1) is 0 Å². The van der Waals surface area contributed by atoms with Gasteiger partial charge < -0.3 is 5.32 Å². The second kappa shape index (κ2) is 5.87. The van der Waals surface area contributed by atoms with Crippen molar-refractivity contribution >= 4 is 0 Å². The average Bonchev–Trinajstić information content (AvgIpc) is 2.07.